The lowest BCUT2D eigenvalue weighted by atomic mass is 10.1. The molecule has 0 radical (unpaired) electrons. The number of rotatable bonds is 8. The van der Waals surface area contributed by atoms with Crippen molar-refractivity contribution in [2.75, 3.05) is 38.5 Å². The summed E-state index contributed by atoms with van der Waals surface area (Å²) >= 11 is 5.87. The predicted octanol–water partition coefficient (Wildman–Crippen LogP) is 2.54. The van der Waals surface area contributed by atoms with Crippen LogP contribution in [0.15, 0.2) is 51.7 Å². The van der Waals surface area contributed by atoms with E-state index in [1.807, 2.05) is 12.1 Å². The Bertz CT molecular complexity index is 1260. The number of piperazine rings is 1. The number of ketones is 1. The Morgan fingerprint density at radius 3 is 2.50 bits per heavy atom. The van der Waals surface area contributed by atoms with E-state index in [-0.39, 0.29) is 11.5 Å². The molecule has 1 aromatic heterocycles. The molecule has 0 bridgehead atoms. The van der Waals surface area contributed by atoms with E-state index >= 15 is 0 Å². The molecule has 0 spiro atoms. The van der Waals surface area contributed by atoms with Gasteiger partial charge in [-0.05, 0) is 42.3 Å². The molecule has 8 nitrogen and oxygen atoms in total. The first kappa shape index (κ1) is 22.7. The highest BCUT2D eigenvalue weighted by atomic mass is 35.5. The van der Waals surface area contributed by atoms with Crippen LogP contribution in [0.1, 0.15) is 22.3 Å². The van der Waals surface area contributed by atoms with Gasteiger partial charge in [0.1, 0.15) is 0 Å². The zero-order chi connectivity index (χ0) is 22.7. The van der Waals surface area contributed by atoms with Gasteiger partial charge in [-0.2, -0.15) is 4.31 Å². The van der Waals surface area contributed by atoms with E-state index in [0.717, 1.165) is 5.56 Å². The first-order valence-corrected chi connectivity index (χ1v) is 12.4. The van der Waals surface area contributed by atoms with Crippen molar-refractivity contribution in [2.45, 2.75) is 12.8 Å². The number of carbonyl (C=O) groups excluding carboxylic acids is 1. The summed E-state index contributed by atoms with van der Waals surface area (Å²) < 4.78 is 31.9. The van der Waals surface area contributed by atoms with Crippen LogP contribution in [-0.4, -0.2) is 66.9 Å². The molecule has 32 heavy (non-hydrogen) atoms. The van der Waals surface area contributed by atoms with Crippen LogP contribution < -0.4 is 5.76 Å². The van der Waals surface area contributed by atoms with Crippen LogP contribution in [0.4, 0.5) is 0 Å². The first-order chi connectivity index (χ1) is 15.3. The molecule has 1 saturated heterocycles. The normalized spacial score (nSPS) is 15.9. The minimum Gasteiger partial charge on any atom is -0.408 e. The molecule has 0 aliphatic carbocycles. The molecule has 0 unspecified atom stereocenters. The van der Waals surface area contributed by atoms with E-state index in [1.165, 1.54) is 4.31 Å². The van der Waals surface area contributed by atoms with E-state index in [2.05, 4.69) is 9.88 Å². The van der Waals surface area contributed by atoms with E-state index in [0.29, 0.717) is 67.3 Å². The number of H-pyrrole nitrogens is 1. The van der Waals surface area contributed by atoms with E-state index in [1.54, 1.807) is 30.3 Å². The number of nitrogens with one attached hydrogen (secondary N) is 1. The third-order valence-corrected chi connectivity index (χ3v) is 7.81. The van der Waals surface area contributed by atoms with Crippen molar-refractivity contribution in [3.8, 4) is 0 Å². The van der Waals surface area contributed by atoms with Crippen LogP contribution in [0.25, 0.3) is 11.1 Å². The minimum atomic E-state index is -3.34. The van der Waals surface area contributed by atoms with Gasteiger partial charge in [-0.1, -0.05) is 23.7 Å². The van der Waals surface area contributed by atoms with Crippen LogP contribution in [0, 0.1) is 0 Å². The molecule has 1 N–H and O–H groups in total. The van der Waals surface area contributed by atoms with Gasteiger partial charge in [0.2, 0.25) is 10.0 Å². The Morgan fingerprint density at radius 2 is 1.78 bits per heavy atom. The summed E-state index contributed by atoms with van der Waals surface area (Å²) in [4.78, 5) is 28.4. The number of aromatic nitrogens is 1. The van der Waals surface area contributed by atoms with Crippen molar-refractivity contribution in [1.29, 1.82) is 0 Å². The molecule has 1 aliphatic heterocycles. The number of nitrogens with zero attached hydrogens (tertiary/aromatic N) is 2. The summed E-state index contributed by atoms with van der Waals surface area (Å²) in [6, 6.07) is 12.1. The number of hydrogen-bond acceptors (Lipinski definition) is 6. The standard InChI is InChI=1S/C22H24ClN3O5S/c23-18-4-1-16(2-5-18)8-14-32(29,30)26-12-10-25(11-13-26)9-7-20(27)17-3-6-19-21(15-17)31-22(28)24-19/h1-6,15H,7-14H2,(H,24,28). The van der Waals surface area contributed by atoms with Gasteiger partial charge in [-0.3, -0.25) is 9.78 Å². The largest absolute Gasteiger partial charge is 0.417 e. The lowest BCUT2D eigenvalue weighted by molar-refractivity contribution is 0.0952. The number of aromatic amines is 1. The summed E-state index contributed by atoms with van der Waals surface area (Å²) in [6.07, 6.45) is 0.753. The average molecular weight is 478 g/mol. The number of hydrogen-bond donors (Lipinski definition) is 1. The lowest BCUT2D eigenvalue weighted by Gasteiger charge is -2.33. The average Bonchev–Trinajstić information content (AvgIpc) is 3.16. The number of aryl methyl sites for hydroxylation is 1. The number of fused-ring (bicyclic) bond motifs is 1. The lowest BCUT2D eigenvalue weighted by Crippen LogP contribution is -2.49. The summed E-state index contributed by atoms with van der Waals surface area (Å²) in [5, 5.41) is 0.628. The van der Waals surface area contributed by atoms with Gasteiger partial charge in [0.25, 0.3) is 0 Å². The highest BCUT2D eigenvalue weighted by molar-refractivity contribution is 7.89. The molecule has 0 saturated carbocycles. The Kier molecular flexibility index (Phi) is 6.80. The monoisotopic (exact) mass is 477 g/mol. The molecule has 1 fully saturated rings. The van der Waals surface area contributed by atoms with Crippen LogP contribution in [0.2, 0.25) is 5.02 Å². The first-order valence-electron chi connectivity index (χ1n) is 10.4. The maximum atomic E-state index is 12.7. The summed E-state index contributed by atoms with van der Waals surface area (Å²) in [5.41, 5.74) is 2.34. The zero-order valence-corrected chi connectivity index (χ0v) is 19.0. The van der Waals surface area contributed by atoms with Gasteiger partial charge >= 0.3 is 5.76 Å². The molecule has 1 aliphatic rings. The Labute approximate surface area is 190 Å². The number of benzene rings is 2. The molecule has 4 rings (SSSR count). The molecular formula is C22H24ClN3O5S. The highest BCUT2D eigenvalue weighted by Gasteiger charge is 2.26. The molecule has 10 heteroatoms. The van der Waals surface area contributed by atoms with Gasteiger partial charge in [0.05, 0.1) is 11.3 Å². The van der Waals surface area contributed by atoms with E-state index in [9.17, 15) is 18.0 Å². The third-order valence-electron chi connectivity index (χ3n) is 5.68. The second kappa shape index (κ2) is 9.58. The van der Waals surface area contributed by atoms with Gasteiger partial charge in [-0.15, -0.1) is 0 Å². The van der Waals surface area contributed by atoms with Crippen LogP contribution in [-0.2, 0) is 16.4 Å². The summed E-state index contributed by atoms with van der Waals surface area (Å²) in [6.45, 7) is 2.54. The maximum Gasteiger partial charge on any atom is 0.417 e. The van der Waals surface area contributed by atoms with E-state index < -0.39 is 15.8 Å². The number of sulfonamides is 1. The predicted molar refractivity (Wildman–Crippen MR) is 123 cm³/mol. The minimum absolute atomic E-state index is 0.0474. The van der Waals surface area contributed by atoms with Crippen LogP contribution >= 0.6 is 11.6 Å². The molecule has 2 heterocycles. The SMILES string of the molecule is O=C(CCN1CCN(S(=O)(=O)CCc2ccc(Cl)cc2)CC1)c1ccc2[nH]c(=O)oc2c1. The van der Waals surface area contributed by atoms with Crippen molar-refractivity contribution < 1.29 is 17.6 Å². The second-order valence-electron chi connectivity index (χ2n) is 7.83. The van der Waals surface area contributed by atoms with Crippen molar-refractivity contribution >= 4 is 38.5 Å². The fraction of sp³-hybridized carbons (Fsp3) is 0.364. The maximum absolute atomic E-state index is 12.7. The van der Waals surface area contributed by atoms with Crippen molar-refractivity contribution in [2.24, 2.45) is 0 Å². The van der Waals surface area contributed by atoms with Gasteiger partial charge in [0, 0.05) is 49.7 Å². The Morgan fingerprint density at radius 1 is 1.06 bits per heavy atom. The summed E-state index contributed by atoms with van der Waals surface area (Å²) in [7, 11) is -3.34. The topological polar surface area (TPSA) is 104 Å². The molecule has 170 valence electrons. The Balaban J connectivity index is 1.25. The molecule has 3 aromatic rings. The quantitative estimate of drug-likeness (QED) is 0.500. The smallest absolute Gasteiger partial charge is 0.408 e. The number of Topliss-reactive ketones (excluding diaryl/α,β-unsaturated/α-hetero) is 1. The second-order valence-corrected chi connectivity index (χ2v) is 10.4. The summed E-state index contributed by atoms with van der Waals surface area (Å²) in [5.74, 6) is -0.537. The molecular weight excluding hydrogens is 454 g/mol. The molecule has 0 amide bonds. The number of carbonyl (C=O) groups is 1. The van der Waals surface area contributed by atoms with Crippen LogP contribution in [0.5, 0.6) is 0 Å². The highest BCUT2D eigenvalue weighted by Crippen LogP contribution is 2.16. The molecule has 0 atom stereocenters. The van der Waals surface area contributed by atoms with Crippen LogP contribution in [0.3, 0.4) is 0 Å². The Hall–Kier alpha value is -2.46. The van der Waals surface area contributed by atoms with Crippen molar-refractivity contribution in [1.82, 2.24) is 14.2 Å². The van der Waals surface area contributed by atoms with E-state index in [4.69, 9.17) is 16.0 Å². The van der Waals surface area contributed by atoms with Gasteiger partial charge in [0.15, 0.2) is 11.4 Å². The van der Waals surface area contributed by atoms with Gasteiger partial charge < -0.3 is 9.32 Å². The fourth-order valence-corrected chi connectivity index (χ4v) is 5.38. The number of oxazole rings is 1. The fourth-order valence-electron chi connectivity index (χ4n) is 3.78. The zero-order valence-electron chi connectivity index (χ0n) is 17.4. The van der Waals surface area contributed by atoms with Crippen molar-refractivity contribution in [3.63, 3.8) is 0 Å². The molecule has 2 aromatic carbocycles. The number of halogens is 1. The third kappa shape index (κ3) is 5.47. The van der Waals surface area contributed by atoms with Crippen molar-refractivity contribution in [3.05, 3.63) is 69.2 Å². The van der Waals surface area contributed by atoms with Gasteiger partial charge in [-0.25, -0.2) is 13.2 Å².